The normalized spacial score (nSPS) is 17.3. The molecule has 0 saturated carbocycles. The zero-order valence-electron chi connectivity index (χ0n) is 22.1. The van der Waals surface area contributed by atoms with Crippen LogP contribution in [0.2, 0.25) is 0 Å². The van der Waals surface area contributed by atoms with Crippen LogP contribution in [0.15, 0.2) is 42.5 Å². The fourth-order valence-corrected chi connectivity index (χ4v) is 4.31. The third-order valence-corrected chi connectivity index (χ3v) is 6.35. The summed E-state index contributed by atoms with van der Waals surface area (Å²) < 4.78 is 28.0. The van der Waals surface area contributed by atoms with Crippen molar-refractivity contribution in [3.8, 4) is 17.2 Å². The van der Waals surface area contributed by atoms with Crippen LogP contribution in [-0.2, 0) is 16.1 Å². The number of rotatable bonds is 14. The largest absolute Gasteiger partial charge is 0.497 e. The van der Waals surface area contributed by atoms with Crippen LogP contribution in [0.5, 0.6) is 17.2 Å². The van der Waals surface area contributed by atoms with Gasteiger partial charge in [-0.15, -0.1) is 0 Å². The first-order valence-electron chi connectivity index (χ1n) is 12.5. The van der Waals surface area contributed by atoms with Crippen molar-refractivity contribution >= 4 is 5.91 Å². The van der Waals surface area contributed by atoms with E-state index in [2.05, 4.69) is 5.32 Å². The van der Waals surface area contributed by atoms with Crippen LogP contribution in [0, 0.1) is 5.92 Å². The topological polar surface area (TPSA) is 78.5 Å². The Hall–Kier alpha value is -2.81. The van der Waals surface area contributed by atoms with E-state index in [-0.39, 0.29) is 24.0 Å². The van der Waals surface area contributed by atoms with Crippen LogP contribution in [0.25, 0.3) is 0 Å². The van der Waals surface area contributed by atoms with Crippen LogP contribution in [0.1, 0.15) is 36.2 Å². The van der Waals surface area contributed by atoms with Crippen molar-refractivity contribution in [2.75, 3.05) is 54.2 Å². The maximum absolute atomic E-state index is 13.6. The smallest absolute Gasteiger partial charge is 0.254 e. The van der Waals surface area contributed by atoms with Gasteiger partial charge in [0.25, 0.3) is 5.91 Å². The van der Waals surface area contributed by atoms with E-state index in [9.17, 15) is 4.79 Å². The fourth-order valence-electron chi connectivity index (χ4n) is 4.31. The van der Waals surface area contributed by atoms with Gasteiger partial charge in [-0.3, -0.25) is 4.79 Å². The molecule has 1 aliphatic heterocycles. The molecule has 8 heteroatoms. The maximum Gasteiger partial charge on any atom is 0.254 e. The average Bonchev–Trinajstić information content (AvgIpc) is 3.35. The molecule has 1 fully saturated rings. The lowest BCUT2D eigenvalue weighted by atomic mass is 10.0. The fraction of sp³-hybridized carbons (Fsp3) is 0.536. The van der Waals surface area contributed by atoms with Gasteiger partial charge in [-0.1, -0.05) is 12.1 Å². The number of benzene rings is 2. The Bertz CT molecular complexity index is 967. The summed E-state index contributed by atoms with van der Waals surface area (Å²) in [5, 5.41) is 3.43. The van der Waals surface area contributed by atoms with Crippen molar-refractivity contribution in [1.29, 1.82) is 0 Å². The van der Waals surface area contributed by atoms with Crippen molar-refractivity contribution in [2.45, 2.75) is 39.0 Å². The Morgan fingerprint density at radius 2 is 1.86 bits per heavy atom. The molecule has 1 amide bonds. The molecular formula is C28H40N2O6. The number of amides is 1. The van der Waals surface area contributed by atoms with E-state index in [0.29, 0.717) is 43.4 Å². The van der Waals surface area contributed by atoms with Gasteiger partial charge in [-0.25, -0.2) is 0 Å². The highest BCUT2D eigenvalue weighted by molar-refractivity contribution is 5.95. The Morgan fingerprint density at radius 3 is 2.58 bits per heavy atom. The van der Waals surface area contributed by atoms with Crippen molar-refractivity contribution in [3.05, 3.63) is 53.6 Å². The van der Waals surface area contributed by atoms with Gasteiger partial charge in [0.05, 0.1) is 33.5 Å². The highest BCUT2D eigenvalue weighted by Gasteiger charge is 2.32. The van der Waals surface area contributed by atoms with Crippen molar-refractivity contribution in [1.82, 2.24) is 10.2 Å². The Morgan fingerprint density at radius 1 is 1.03 bits per heavy atom. The molecule has 0 aromatic heterocycles. The predicted octanol–water partition coefficient (Wildman–Crippen LogP) is 3.77. The minimum absolute atomic E-state index is 0.0146. The molecule has 8 nitrogen and oxygen atoms in total. The maximum atomic E-state index is 13.6. The monoisotopic (exact) mass is 500 g/mol. The summed E-state index contributed by atoms with van der Waals surface area (Å²) in [6, 6.07) is 13.3. The molecule has 1 heterocycles. The highest BCUT2D eigenvalue weighted by atomic mass is 16.5. The van der Waals surface area contributed by atoms with Crippen molar-refractivity contribution < 1.29 is 28.5 Å². The van der Waals surface area contributed by atoms with Gasteiger partial charge in [0.1, 0.15) is 5.75 Å². The van der Waals surface area contributed by atoms with E-state index in [1.165, 1.54) is 0 Å². The minimum Gasteiger partial charge on any atom is -0.497 e. The van der Waals surface area contributed by atoms with E-state index in [1.54, 1.807) is 39.5 Å². The van der Waals surface area contributed by atoms with Crippen LogP contribution >= 0.6 is 0 Å². The standard InChI is InChI=1S/C28H40N2O6/c1-20(2)30(28(31)22-10-11-25(34-5)26(15-22)35-13-7-12-32-3)18-23-16-29-17-27(23)36-19-21-8-6-9-24(14-21)33-4/h6,8-11,14-15,20,23,27,29H,7,12-13,16-19H2,1-5H3/t23-,27-/m0/s1. The molecule has 0 bridgehead atoms. The van der Waals surface area contributed by atoms with Gasteiger partial charge in [-0.05, 0) is 49.7 Å². The van der Waals surface area contributed by atoms with Gasteiger partial charge < -0.3 is 33.9 Å². The molecule has 1 saturated heterocycles. The first-order chi connectivity index (χ1) is 17.5. The number of carbonyl (C=O) groups is 1. The molecule has 0 aliphatic carbocycles. The average molecular weight is 501 g/mol. The number of hydrogen-bond donors (Lipinski definition) is 1. The van der Waals surface area contributed by atoms with E-state index in [0.717, 1.165) is 30.8 Å². The first kappa shape index (κ1) is 27.8. The summed E-state index contributed by atoms with van der Waals surface area (Å²) in [7, 11) is 4.92. The molecular weight excluding hydrogens is 460 g/mol. The Balaban J connectivity index is 1.67. The molecule has 2 aromatic rings. The summed E-state index contributed by atoms with van der Waals surface area (Å²) >= 11 is 0. The van der Waals surface area contributed by atoms with Gasteiger partial charge in [0, 0.05) is 57.3 Å². The van der Waals surface area contributed by atoms with E-state index < -0.39 is 0 Å². The zero-order chi connectivity index (χ0) is 25.9. The summed E-state index contributed by atoms with van der Waals surface area (Å²) in [4.78, 5) is 15.5. The second kappa shape index (κ2) is 14.1. The summed E-state index contributed by atoms with van der Waals surface area (Å²) in [5.74, 6) is 2.13. The molecule has 3 rings (SSSR count). The second-order valence-corrected chi connectivity index (χ2v) is 9.23. The van der Waals surface area contributed by atoms with Crippen LogP contribution in [0.4, 0.5) is 0 Å². The van der Waals surface area contributed by atoms with Crippen LogP contribution in [0.3, 0.4) is 0 Å². The molecule has 0 spiro atoms. The van der Waals surface area contributed by atoms with Crippen molar-refractivity contribution in [2.24, 2.45) is 5.92 Å². The number of nitrogens with zero attached hydrogens (tertiary/aromatic N) is 1. The minimum atomic E-state index is -0.0344. The summed E-state index contributed by atoms with van der Waals surface area (Å²) in [5.41, 5.74) is 1.64. The molecule has 2 aromatic carbocycles. The SMILES string of the molecule is COCCCOc1cc(C(=O)N(C[C@@H]2CNC[C@@H]2OCc2cccc(OC)c2)C(C)C)ccc1OC. The first-order valence-corrected chi connectivity index (χ1v) is 12.5. The Labute approximate surface area is 214 Å². The number of ether oxygens (including phenoxy) is 5. The van der Waals surface area contributed by atoms with Crippen LogP contribution < -0.4 is 19.5 Å². The molecule has 1 aliphatic rings. The quantitative estimate of drug-likeness (QED) is 0.396. The lowest BCUT2D eigenvalue weighted by Gasteiger charge is -2.31. The highest BCUT2D eigenvalue weighted by Crippen LogP contribution is 2.29. The third kappa shape index (κ3) is 7.59. The lowest BCUT2D eigenvalue weighted by molar-refractivity contribution is 0.0128. The molecule has 2 atom stereocenters. The van der Waals surface area contributed by atoms with E-state index in [4.69, 9.17) is 23.7 Å². The van der Waals surface area contributed by atoms with Gasteiger partial charge in [-0.2, -0.15) is 0 Å². The number of nitrogens with one attached hydrogen (secondary N) is 1. The third-order valence-electron chi connectivity index (χ3n) is 6.35. The Kier molecular flexibility index (Phi) is 10.8. The second-order valence-electron chi connectivity index (χ2n) is 9.23. The molecule has 198 valence electrons. The predicted molar refractivity (Wildman–Crippen MR) is 139 cm³/mol. The summed E-state index contributed by atoms with van der Waals surface area (Å²) in [6.07, 6.45) is 0.766. The van der Waals surface area contributed by atoms with E-state index in [1.807, 2.05) is 43.0 Å². The van der Waals surface area contributed by atoms with Gasteiger partial charge in [0.2, 0.25) is 0 Å². The molecule has 0 radical (unpaired) electrons. The van der Waals surface area contributed by atoms with Gasteiger partial charge >= 0.3 is 0 Å². The number of hydrogen-bond acceptors (Lipinski definition) is 7. The molecule has 0 unspecified atom stereocenters. The number of carbonyl (C=O) groups excluding carboxylic acids is 1. The van der Waals surface area contributed by atoms with Gasteiger partial charge in [0.15, 0.2) is 11.5 Å². The van der Waals surface area contributed by atoms with Crippen molar-refractivity contribution in [3.63, 3.8) is 0 Å². The lowest BCUT2D eigenvalue weighted by Crippen LogP contribution is -2.43. The zero-order valence-corrected chi connectivity index (χ0v) is 22.1. The molecule has 1 N–H and O–H groups in total. The van der Waals surface area contributed by atoms with E-state index >= 15 is 0 Å². The summed E-state index contributed by atoms with van der Waals surface area (Å²) in [6.45, 7) is 7.83. The number of methoxy groups -OCH3 is 3. The molecule has 36 heavy (non-hydrogen) atoms. The van der Waals surface area contributed by atoms with Crippen LogP contribution in [-0.4, -0.2) is 77.1 Å².